The van der Waals surface area contributed by atoms with Crippen molar-refractivity contribution in [2.45, 2.75) is 18.9 Å². The van der Waals surface area contributed by atoms with Crippen LogP contribution in [0.4, 0.5) is 5.69 Å². The number of hydrogen-bond donors (Lipinski definition) is 0. The highest BCUT2D eigenvalue weighted by Gasteiger charge is 2.24. The molecule has 0 radical (unpaired) electrons. The number of nitriles is 1. The Kier molecular flexibility index (Phi) is 4.33. The van der Waals surface area contributed by atoms with E-state index in [1.165, 1.54) is 12.8 Å². The summed E-state index contributed by atoms with van der Waals surface area (Å²) in [6.07, 6.45) is 2.81. The highest BCUT2D eigenvalue weighted by atomic mass is 16.5. The van der Waals surface area contributed by atoms with E-state index in [0.29, 0.717) is 11.8 Å². The van der Waals surface area contributed by atoms with Crippen molar-refractivity contribution < 1.29 is 4.74 Å². The summed E-state index contributed by atoms with van der Waals surface area (Å²) in [6, 6.07) is 12.2. The summed E-state index contributed by atoms with van der Waals surface area (Å²) in [5, 5.41) is 10.4. The smallest absolute Gasteiger partial charge is 0.143 e. The average molecular weight is 322 g/mol. The molecular weight excluding hydrogens is 300 g/mol. The second kappa shape index (κ2) is 6.76. The molecule has 24 heavy (non-hydrogen) atoms. The number of benzene rings is 1. The van der Waals surface area contributed by atoms with Crippen LogP contribution in [0.3, 0.4) is 0 Å². The Labute approximate surface area is 142 Å². The molecule has 0 N–H and O–H groups in total. The Morgan fingerprint density at radius 3 is 2.79 bits per heavy atom. The zero-order valence-corrected chi connectivity index (χ0v) is 13.8. The highest BCUT2D eigenvalue weighted by Crippen LogP contribution is 2.27. The molecule has 1 unspecified atom stereocenters. The van der Waals surface area contributed by atoms with Crippen LogP contribution in [-0.4, -0.2) is 55.3 Å². The van der Waals surface area contributed by atoms with Crippen molar-refractivity contribution in [2.24, 2.45) is 0 Å². The monoisotopic (exact) mass is 322 g/mol. The largest absolute Gasteiger partial charge is 0.377 e. The quantitative estimate of drug-likeness (QED) is 0.868. The fourth-order valence-electron chi connectivity index (χ4n) is 3.72. The third-order valence-corrected chi connectivity index (χ3v) is 5.01. The van der Waals surface area contributed by atoms with Crippen LogP contribution in [-0.2, 0) is 4.74 Å². The molecule has 4 rings (SSSR count). The highest BCUT2D eigenvalue weighted by molar-refractivity contribution is 5.92. The van der Waals surface area contributed by atoms with Crippen LogP contribution in [0.1, 0.15) is 18.5 Å². The van der Waals surface area contributed by atoms with E-state index in [2.05, 4.69) is 26.9 Å². The number of rotatable bonds is 3. The second-order valence-corrected chi connectivity index (χ2v) is 6.58. The normalized spacial score (nSPS) is 22.0. The molecule has 2 aliphatic heterocycles. The molecule has 1 atom stereocenters. The van der Waals surface area contributed by atoms with Crippen molar-refractivity contribution >= 4 is 16.6 Å². The fourth-order valence-corrected chi connectivity index (χ4v) is 3.72. The zero-order chi connectivity index (χ0) is 16.4. The van der Waals surface area contributed by atoms with Crippen LogP contribution >= 0.6 is 0 Å². The summed E-state index contributed by atoms with van der Waals surface area (Å²) in [6.45, 7) is 6.01. The first kappa shape index (κ1) is 15.4. The van der Waals surface area contributed by atoms with E-state index in [0.717, 1.165) is 55.9 Å². The van der Waals surface area contributed by atoms with Gasteiger partial charge in [0, 0.05) is 50.4 Å². The van der Waals surface area contributed by atoms with Gasteiger partial charge in [0.25, 0.3) is 0 Å². The van der Waals surface area contributed by atoms with Crippen molar-refractivity contribution in [3.05, 3.63) is 36.0 Å². The maximum absolute atomic E-state index is 9.27. The number of aromatic nitrogens is 1. The molecule has 2 aromatic rings. The molecule has 0 saturated carbocycles. The lowest BCUT2D eigenvalue weighted by Gasteiger charge is -2.37. The zero-order valence-electron chi connectivity index (χ0n) is 13.8. The topological polar surface area (TPSA) is 52.4 Å². The molecule has 5 nitrogen and oxygen atoms in total. The van der Waals surface area contributed by atoms with Gasteiger partial charge in [-0.05, 0) is 25.0 Å². The predicted molar refractivity (Wildman–Crippen MR) is 94.1 cm³/mol. The van der Waals surface area contributed by atoms with Gasteiger partial charge in [-0.15, -0.1) is 0 Å². The van der Waals surface area contributed by atoms with E-state index in [1.54, 1.807) is 0 Å². The van der Waals surface area contributed by atoms with Gasteiger partial charge in [-0.25, -0.2) is 4.98 Å². The number of pyridine rings is 1. The Balaban J connectivity index is 1.51. The average Bonchev–Trinajstić information content (AvgIpc) is 3.14. The van der Waals surface area contributed by atoms with Gasteiger partial charge in [0.05, 0.1) is 11.6 Å². The molecule has 0 aliphatic carbocycles. The molecule has 2 aliphatic rings. The van der Waals surface area contributed by atoms with Crippen LogP contribution in [0.2, 0.25) is 0 Å². The third-order valence-electron chi connectivity index (χ3n) is 5.01. The number of fused-ring (bicyclic) bond motifs is 1. The van der Waals surface area contributed by atoms with Crippen LogP contribution in [0, 0.1) is 11.3 Å². The van der Waals surface area contributed by atoms with Crippen molar-refractivity contribution in [1.82, 2.24) is 9.88 Å². The molecular formula is C19H22N4O. The molecule has 5 heteroatoms. The minimum absolute atomic E-state index is 0.420. The number of para-hydroxylation sites is 1. The maximum Gasteiger partial charge on any atom is 0.143 e. The standard InChI is InChI=1S/C19H22N4O/c20-13-15-12-19(17-5-1-2-6-18(17)21-15)23-9-7-22(8-10-23)14-16-4-3-11-24-16/h1-2,5-6,12,16H,3-4,7-11,14H2. The van der Waals surface area contributed by atoms with Gasteiger partial charge >= 0.3 is 0 Å². The summed E-state index contributed by atoms with van der Waals surface area (Å²) in [5.74, 6) is 0. The van der Waals surface area contributed by atoms with E-state index in [1.807, 2.05) is 24.3 Å². The van der Waals surface area contributed by atoms with E-state index < -0.39 is 0 Å². The number of hydrogen-bond acceptors (Lipinski definition) is 5. The maximum atomic E-state index is 9.27. The molecule has 124 valence electrons. The minimum Gasteiger partial charge on any atom is -0.377 e. The number of ether oxygens (including phenoxy) is 1. The Hall–Kier alpha value is -2.16. The van der Waals surface area contributed by atoms with Gasteiger partial charge in [0.2, 0.25) is 0 Å². The summed E-state index contributed by atoms with van der Waals surface area (Å²) in [5.41, 5.74) is 2.52. The summed E-state index contributed by atoms with van der Waals surface area (Å²) < 4.78 is 5.76. The first-order valence-electron chi connectivity index (χ1n) is 8.72. The van der Waals surface area contributed by atoms with E-state index in [-0.39, 0.29) is 0 Å². The second-order valence-electron chi connectivity index (χ2n) is 6.58. The minimum atomic E-state index is 0.420. The lowest BCUT2D eigenvalue weighted by molar-refractivity contribution is 0.0713. The molecule has 1 aromatic heterocycles. The van der Waals surface area contributed by atoms with Crippen molar-refractivity contribution in [2.75, 3.05) is 44.2 Å². The first-order valence-corrected chi connectivity index (χ1v) is 8.72. The summed E-state index contributed by atoms with van der Waals surface area (Å²) >= 11 is 0. The molecule has 0 bridgehead atoms. The number of anilines is 1. The molecule has 2 fully saturated rings. The fraction of sp³-hybridized carbons (Fsp3) is 0.474. The van der Waals surface area contributed by atoms with Crippen molar-refractivity contribution in [3.8, 4) is 6.07 Å². The van der Waals surface area contributed by atoms with Gasteiger partial charge in [-0.3, -0.25) is 4.90 Å². The Morgan fingerprint density at radius 2 is 2.04 bits per heavy atom. The number of piperazine rings is 1. The van der Waals surface area contributed by atoms with E-state index in [9.17, 15) is 5.26 Å². The van der Waals surface area contributed by atoms with Crippen LogP contribution < -0.4 is 4.90 Å². The van der Waals surface area contributed by atoms with Crippen LogP contribution in [0.25, 0.3) is 10.9 Å². The molecule has 3 heterocycles. The van der Waals surface area contributed by atoms with Crippen molar-refractivity contribution in [3.63, 3.8) is 0 Å². The van der Waals surface area contributed by atoms with Gasteiger partial charge in [-0.2, -0.15) is 5.26 Å². The Morgan fingerprint density at radius 1 is 1.21 bits per heavy atom. The third kappa shape index (κ3) is 3.08. The van der Waals surface area contributed by atoms with Crippen LogP contribution in [0.5, 0.6) is 0 Å². The van der Waals surface area contributed by atoms with Gasteiger partial charge in [0.1, 0.15) is 11.8 Å². The lowest BCUT2D eigenvalue weighted by atomic mass is 10.1. The molecule has 0 spiro atoms. The van der Waals surface area contributed by atoms with Gasteiger partial charge in [0.15, 0.2) is 0 Å². The molecule has 0 amide bonds. The van der Waals surface area contributed by atoms with Crippen molar-refractivity contribution in [1.29, 1.82) is 5.26 Å². The lowest BCUT2D eigenvalue weighted by Crippen LogP contribution is -2.48. The predicted octanol–water partition coefficient (Wildman–Crippen LogP) is 2.41. The summed E-state index contributed by atoms with van der Waals surface area (Å²) in [7, 11) is 0. The van der Waals surface area contributed by atoms with E-state index in [4.69, 9.17) is 4.74 Å². The molecule has 2 saturated heterocycles. The summed E-state index contributed by atoms with van der Waals surface area (Å²) in [4.78, 5) is 9.30. The molecule has 1 aromatic carbocycles. The SMILES string of the molecule is N#Cc1cc(N2CCN(CC3CCCO3)CC2)c2ccccc2n1. The van der Waals surface area contributed by atoms with Gasteiger partial charge in [-0.1, -0.05) is 18.2 Å². The van der Waals surface area contributed by atoms with Crippen LogP contribution in [0.15, 0.2) is 30.3 Å². The van der Waals surface area contributed by atoms with Gasteiger partial charge < -0.3 is 9.64 Å². The number of nitrogens with zero attached hydrogens (tertiary/aromatic N) is 4. The Bertz CT molecular complexity index is 756. The van der Waals surface area contributed by atoms with E-state index >= 15 is 0 Å². The first-order chi connectivity index (χ1) is 11.8.